The van der Waals surface area contributed by atoms with E-state index in [-0.39, 0.29) is 40.9 Å². The maximum Gasteiger partial charge on any atom is 0.342 e. The molecule has 8 nitrogen and oxygen atoms in total. The monoisotopic (exact) mass is 917 g/mol. The molecule has 4 rings (SSSR count). The Balaban J connectivity index is 1.65. The minimum absolute atomic E-state index is 0.00934. The summed E-state index contributed by atoms with van der Waals surface area (Å²) < 4.78 is 37.7. The van der Waals surface area contributed by atoms with Gasteiger partial charge in [-0.2, -0.15) is 0 Å². The van der Waals surface area contributed by atoms with Crippen LogP contribution < -0.4 is 15.1 Å². The lowest BCUT2D eigenvalue weighted by Gasteiger charge is -2.43. The van der Waals surface area contributed by atoms with E-state index in [0.717, 1.165) is 28.4 Å². The molecule has 3 aromatic rings. The summed E-state index contributed by atoms with van der Waals surface area (Å²) in [6, 6.07) is 25.2. The summed E-state index contributed by atoms with van der Waals surface area (Å²) in [6.45, 7) is 33.4. The molecule has 0 bridgehead atoms. The molecule has 1 saturated heterocycles. The molecule has 1 fully saturated rings. The predicted octanol–water partition coefficient (Wildman–Crippen LogP) is 11.5. The van der Waals surface area contributed by atoms with E-state index in [4.69, 9.17) is 28.1 Å². The Morgan fingerprint density at radius 2 is 1.48 bits per heavy atom. The molecule has 11 heteroatoms. The van der Waals surface area contributed by atoms with E-state index in [9.17, 15) is 9.59 Å². The van der Waals surface area contributed by atoms with E-state index in [2.05, 4.69) is 124 Å². The van der Waals surface area contributed by atoms with Crippen LogP contribution in [0.4, 0.5) is 0 Å². The van der Waals surface area contributed by atoms with Crippen LogP contribution in [-0.4, -0.2) is 80.1 Å². The standard InChI is InChI=1S/C52H80O8Si3/c1-38-34-41(47(46(35-38)57-37-55-11)49(53)56-32-33-61(12,13)14)24-23-29-44-48(59-52(9,10)58-44)45(60-62(15,16)50(4,5)6)31-30-39(2)40(3)36-51(7,8)63(54,42-25-19-17-20-26-42)43-27-21-18-22-28-43/h17-28,30-31,34-35,39-40,44-45,48,54H,29,32-33,36-37H2,1-16H3/b24-23+,31-30-/t39-,40-,44+,45?,48+/m1/s1. The van der Waals surface area contributed by atoms with Crippen LogP contribution in [-0.2, 0) is 23.4 Å². The first-order valence-corrected chi connectivity index (χ1v) is 31.4. The van der Waals surface area contributed by atoms with Crippen molar-refractivity contribution < 1.29 is 37.7 Å². The first-order valence-electron chi connectivity index (χ1n) is 22.9. The number of methoxy groups -OCH3 is 1. The zero-order chi connectivity index (χ0) is 47.0. The predicted molar refractivity (Wildman–Crippen MR) is 268 cm³/mol. The average Bonchev–Trinajstić information content (AvgIpc) is 3.50. The van der Waals surface area contributed by atoms with E-state index in [1.807, 2.05) is 75.4 Å². The maximum atomic E-state index is 13.7. The zero-order valence-corrected chi connectivity index (χ0v) is 44.5. The van der Waals surface area contributed by atoms with Gasteiger partial charge in [-0.3, -0.25) is 0 Å². The number of carbonyl (C=O) groups excluding carboxylic acids is 1. The number of allylic oxidation sites excluding steroid dienone is 1. The summed E-state index contributed by atoms with van der Waals surface area (Å²) in [5, 5.41) is 1.63. The molecule has 0 aromatic heterocycles. The van der Waals surface area contributed by atoms with Crippen molar-refractivity contribution in [3.8, 4) is 5.75 Å². The molecule has 0 radical (unpaired) electrons. The molecule has 0 spiro atoms. The van der Waals surface area contributed by atoms with Crippen molar-refractivity contribution in [2.24, 2.45) is 11.8 Å². The number of carbonyl (C=O) groups is 1. The van der Waals surface area contributed by atoms with Gasteiger partial charge in [0.15, 0.2) is 20.9 Å². The Morgan fingerprint density at radius 1 is 0.889 bits per heavy atom. The lowest BCUT2D eigenvalue weighted by Crippen LogP contribution is -2.65. The summed E-state index contributed by atoms with van der Waals surface area (Å²) in [6.07, 6.45) is 8.77. The fourth-order valence-electron chi connectivity index (χ4n) is 8.19. The molecular formula is C52H80O8Si3. The molecule has 3 aromatic carbocycles. The summed E-state index contributed by atoms with van der Waals surface area (Å²) in [7, 11) is -5.34. The Morgan fingerprint density at radius 3 is 2.02 bits per heavy atom. The van der Waals surface area contributed by atoms with Gasteiger partial charge in [0.25, 0.3) is 8.32 Å². The third kappa shape index (κ3) is 13.9. The lowest BCUT2D eigenvalue weighted by atomic mass is 9.87. The van der Waals surface area contributed by atoms with Crippen molar-refractivity contribution in [1.82, 2.24) is 0 Å². The molecule has 1 unspecified atom stereocenters. The first-order chi connectivity index (χ1) is 29.2. The third-order valence-electron chi connectivity index (χ3n) is 13.0. The van der Waals surface area contributed by atoms with Gasteiger partial charge in [-0.1, -0.05) is 159 Å². The molecule has 0 saturated carbocycles. The minimum atomic E-state index is -3.18. The van der Waals surface area contributed by atoms with Crippen LogP contribution in [0.3, 0.4) is 0 Å². The number of hydrogen-bond acceptors (Lipinski definition) is 8. The number of esters is 1. The average molecular weight is 917 g/mol. The number of hydrogen-bond donors (Lipinski definition) is 1. The second-order valence-corrected chi connectivity index (χ2v) is 35.9. The largest absolute Gasteiger partial charge is 0.467 e. The highest BCUT2D eigenvalue weighted by atomic mass is 28.4. The zero-order valence-electron chi connectivity index (χ0n) is 41.5. The van der Waals surface area contributed by atoms with Crippen molar-refractivity contribution in [2.45, 2.75) is 155 Å². The van der Waals surface area contributed by atoms with Gasteiger partial charge in [-0.25, -0.2) is 4.79 Å². The molecule has 63 heavy (non-hydrogen) atoms. The molecule has 5 atom stereocenters. The van der Waals surface area contributed by atoms with Gasteiger partial charge in [-0.15, -0.1) is 0 Å². The topological polar surface area (TPSA) is 92.7 Å². The van der Waals surface area contributed by atoms with E-state index in [0.29, 0.717) is 29.9 Å². The minimum Gasteiger partial charge on any atom is -0.467 e. The van der Waals surface area contributed by atoms with Crippen LogP contribution >= 0.6 is 0 Å². The van der Waals surface area contributed by atoms with Crippen molar-refractivity contribution in [3.63, 3.8) is 0 Å². The number of benzene rings is 3. The number of rotatable bonds is 21. The van der Waals surface area contributed by atoms with E-state index in [1.165, 1.54) is 0 Å². The number of aryl methyl sites for hydroxylation is 1. The van der Waals surface area contributed by atoms with Gasteiger partial charge < -0.3 is 32.9 Å². The van der Waals surface area contributed by atoms with Crippen molar-refractivity contribution in [3.05, 3.63) is 108 Å². The summed E-state index contributed by atoms with van der Waals surface area (Å²) in [5.74, 6) is -0.399. The van der Waals surface area contributed by atoms with Crippen LogP contribution in [0.15, 0.2) is 91.0 Å². The second kappa shape index (κ2) is 21.4. The Kier molecular flexibility index (Phi) is 17.9. The quantitative estimate of drug-likeness (QED) is 0.0489. The molecule has 1 heterocycles. The Bertz CT molecular complexity index is 1940. The fraction of sp³-hybridized carbons (Fsp3) is 0.558. The van der Waals surface area contributed by atoms with Gasteiger partial charge in [0.1, 0.15) is 17.4 Å². The van der Waals surface area contributed by atoms with Gasteiger partial charge in [0.2, 0.25) is 0 Å². The molecule has 348 valence electrons. The van der Waals surface area contributed by atoms with Crippen molar-refractivity contribution in [2.75, 3.05) is 20.5 Å². The normalized spacial score (nSPS) is 19.1. The van der Waals surface area contributed by atoms with Crippen LogP contribution in [0.1, 0.15) is 96.6 Å². The highest BCUT2D eigenvalue weighted by molar-refractivity contribution is 6.98. The maximum absolute atomic E-state index is 13.7. The molecule has 1 aliphatic heterocycles. The second-order valence-electron chi connectivity index (χ2n) is 21.6. The van der Waals surface area contributed by atoms with Gasteiger partial charge in [-0.05, 0) is 102 Å². The van der Waals surface area contributed by atoms with Crippen LogP contribution in [0, 0.1) is 18.8 Å². The van der Waals surface area contributed by atoms with Gasteiger partial charge in [0.05, 0.1) is 18.8 Å². The molecule has 0 aliphatic carbocycles. The third-order valence-corrected chi connectivity index (χ3v) is 23.7. The first kappa shape index (κ1) is 52.5. The SMILES string of the molecule is COCOc1cc(C)cc(/C=C/C[C@@H]2OC(C)(C)O[C@@H]2C(/C=C\[C@@H](C)[C@H](C)CC(C)(C)[Si](O)(c2ccccc2)c2ccccc2)O[Si](C)(C)C(C)(C)C)c1C(=O)OCC[Si](C)(C)C. The van der Waals surface area contributed by atoms with E-state index < -0.39 is 42.6 Å². The van der Waals surface area contributed by atoms with Crippen molar-refractivity contribution in [1.29, 1.82) is 0 Å². The Labute approximate surface area is 384 Å². The smallest absolute Gasteiger partial charge is 0.342 e. The summed E-state index contributed by atoms with van der Waals surface area (Å²) in [4.78, 5) is 26.6. The summed E-state index contributed by atoms with van der Waals surface area (Å²) in [5.41, 5.74) is 2.04. The summed E-state index contributed by atoms with van der Waals surface area (Å²) >= 11 is 0. The van der Waals surface area contributed by atoms with E-state index in [1.54, 1.807) is 7.11 Å². The van der Waals surface area contributed by atoms with Gasteiger partial charge >= 0.3 is 5.97 Å². The fourth-order valence-corrected chi connectivity index (χ4v) is 14.0. The highest BCUT2D eigenvalue weighted by Gasteiger charge is 2.51. The van der Waals surface area contributed by atoms with Crippen LogP contribution in [0.2, 0.25) is 48.9 Å². The molecule has 1 aliphatic rings. The molecule has 1 N–H and O–H groups in total. The highest BCUT2D eigenvalue weighted by Crippen LogP contribution is 2.44. The Hall–Kier alpha value is -3.14. The van der Waals surface area contributed by atoms with Crippen LogP contribution in [0.5, 0.6) is 5.75 Å². The lowest BCUT2D eigenvalue weighted by molar-refractivity contribution is -0.151. The van der Waals surface area contributed by atoms with E-state index >= 15 is 0 Å². The van der Waals surface area contributed by atoms with Gasteiger partial charge in [0, 0.05) is 15.2 Å². The number of ether oxygens (including phenoxy) is 5. The van der Waals surface area contributed by atoms with Crippen molar-refractivity contribution >= 4 is 47.1 Å². The molecule has 0 amide bonds. The van der Waals surface area contributed by atoms with Crippen LogP contribution in [0.25, 0.3) is 6.08 Å². The molecular weight excluding hydrogens is 837 g/mol.